The quantitative estimate of drug-likeness (QED) is 0.0864. The van der Waals surface area contributed by atoms with Crippen molar-refractivity contribution in [1.82, 2.24) is 10.3 Å². The van der Waals surface area contributed by atoms with Crippen molar-refractivity contribution < 1.29 is 19.1 Å². The first-order valence-electron chi connectivity index (χ1n) is 16.0. The van der Waals surface area contributed by atoms with Gasteiger partial charge in [0.1, 0.15) is 16.7 Å². The maximum absolute atomic E-state index is 13.7. The minimum Gasteiger partial charge on any atom is -0.497 e. The van der Waals surface area contributed by atoms with E-state index in [0.29, 0.717) is 16.4 Å². The second-order valence-electron chi connectivity index (χ2n) is 11.4. The molecule has 1 aromatic heterocycles. The lowest BCUT2D eigenvalue weighted by Crippen LogP contribution is -2.30. The molecule has 0 bridgehead atoms. The highest BCUT2D eigenvalue weighted by molar-refractivity contribution is 8.00. The molecule has 0 radical (unpaired) electrons. The maximum atomic E-state index is 13.7. The maximum Gasteiger partial charge on any atom is 0.272 e. The summed E-state index contributed by atoms with van der Waals surface area (Å²) in [5.74, 6) is -0.348. The van der Waals surface area contributed by atoms with E-state index in [0.717, 1.165) is 38.6 Å². The number of aromatic nitrogens is 1. The zero-order chi connectivity index (χ0) is 35.6. The summed E-state index contributed by atoms with van der Waals surface area (Å²) in [7, 11) is 1.62. The van der Waals surface area contributed by atoms with Crippen LogP contribution in [-0.4, -0.2) is 29.8 Å². The first-order valence-corrected chi connectivity index (χ1v) is 17.8. The highest BCUT2D eigenvalue weighted by atomic mass is 32.2. The van der Waals surface area contributed by atoms with Gasteiger partial charge in [-0.1, -0.05) is 84.9 Å². The van der Waals surface area contributed by atoms with Gasteiger partial charge >= 0.3 is 0 Å². The molecule has 0 saturated heterocycles. The van der Waals surface area contributed by atoms with Crippen LogP contribution in [0.2, 0.25) is 0 Å². The molecule has 6 rings (SSSR count). The molecule has 0 aliphatic heterocycles. The largest absolute Gasteiger partial charge is 0.497 e. The van der Waals surface area contributed by atoms with Crippen LogP contribution < -0.4 is 20.7 Å². The van der Waals surface area contributed by atoms with Crippen molar-refractivity contribution >= 4 is 57.7 Å². The highest BCUT2D eigenvalue weighted by Crippen LogP contribution is 2.37. The Bertz CT molecular complexity index is 2170. The molecule has 254 valence electrons. The lowest BCUT2D eigenvalue weighted by molar-refractivity contribution is -0.116. The summed E-state index contributed by atoms with van der Waals surface area (Å²) in [4.78, 5) is 45.8. The van der Waals surface area contributed by atoms with Crippen LogP contribution in [0.3, 0.4) is 0 Å². The average molecular weight is 711 g/mol. The molecule has 1 heterocycles. The van der Waals surface area contributed by atoms with E-state index in [2.05, 4.69) is 20.9 Å². The molecular weight excluding hydrogens is 677 g/mol. The van der Waals surface area contributed by atoms with Gasteiger partial charge in [-0.05, 0) is 78.2 Å². The third kappa shape index (κ3) is 9.18. The molecule has 0 spiro atoms. The minimum atomic E-state index is -0.576. The molecule has 6 aromatic rings. The Labute approximate surface area is 304 Å². The van der Waals surface area contributed by atoms with Crippen LogP contribution in [0.4, 0.5) is 10.8 Å². The highest BCUT2D eigenvalue weighted by Gasteiger charge is 2.24. The SMILES string of the molecule is COc1cccc(-c2csc(NC(=O)C(Sc3ccc(NC(=O)/C(=C/c4ccccc4C)NC(=O)c4ccccc4)cc3)c3ccccc3)n2)c1. The Morgan fingerprint density at radius 1 is 0.804 bits per heavy atom. The predicted octanol–water partition coefficient (Wildman–Crippen LogP) is 9.01. The zero-order valence-corrected chi connectivity index (χ0v) is 29.5. The van der Waals surface area contributed by atoms with Crippen molar-refractivity contribution in [2.24, 2.45) is 0 Å². The van der Waals surface area contributed by atoms with Gasteiger partial charge in [-0.15, -0.1) is 23.1 Å². The molecule has 0 fully saturated rings. The Hall–Kier alpha value is -5.97. The standard InChI is InChI=1S/C41H34N4O4S2/c1-27-12-9-10-17-30(27)25-35(43-38(46)29-15-7-4-8-16-29)39(47)42-32-20-22-34(23-21-32)51-37(28-13-5-3-6-14-28)40(48)45-41-44-36(26-50-41)31-18-11-19-33(24-31)49-2/h3-26,37H,1-2H3,(H,42,47)(H,43,46)(H,44,45,48)/b35-25-. The van der Waals surface area contributed by atoms with Crippen LogP contribution in [0.15, 0.2) is 149 Å². The fourth-order valence-electron chi connectivity index (χ4n) is 5.12. The van der Waals surface area contributed by atoms with Gasteiger partial charge in [0, 0.05) is 27.1 Å². The lowest BCUT2D eigenvalue weighted by atomic mass is 10.1. The number of anilines is 2. The fourth-order valence-corrected chi connectivity index (χ4v) is 6.86. The van der Waals surface area contributed by atoms with Crippen molar-refractivity contribution in [2.45, 2.75) is 17.1 Å². The van der Waals surface area contributed by atoms with Gasteiger partial charge < -0.3 is 20.7 Å². The van der Waals surface area contributed by atoms with Crippen molar-refractivity contribution in [3.05, 3.63) is 167 Å². The van der Waals surface area contributed by atoms with Gasteiger partial charge in [-0.2, -0.15) is 0 Å². The lowest BCUT2D eigenvalue weighted by Gasteiger charge is -2.17. The normalized spacial score (nSPS) is 11.7. The van der Waals surface area contributed by atoms with Gasteiger partial charge in [0.2, 0.25) is 5.91 Å². The van der Waals surface area contributed by atoms with E-state index >= 15 is 0 Å². The minimum absolute atomic E-state index is 0.106. The molecule has 3 amide bonds. The number of ether oxygens (including phenoxy) is 1. The topological polar surface area (TPSA) is 109 Å². The van der Waals surface area contributed by atoms with Gasteiger partial charge in [-0.3, -0.25) is 14.4 Å². The number of carbonyl (C=O) groups is 3. The summed E-state index contributed by atoms with van der Waals surface area (Å²) < 4.78 is 5.34. The molecule has 0 saturated carbocycles. The number of amides is 3. The van der Waals surface area contributed by atoms with Crippen LogP contribution in [0.1, 0.15) is 32.3 Å². The molecule has 51 heavy (non-hydrogen) atoms. The van der Waals surface area contributed by atoms with E-state index in [1.54, 1.807) is 49.6 Å². The van der Waals surface area contributed by atoms with E-state index in [1.165, 1.54) is 23.1 Å². The smallest absolute Gasteiger partial charge is 0.272 e. The Morgan fingerprint density at radius 2 is 1.51 bits per heavy atom. The molecule has 10 heteroatoms. The summed E-state index contributed by atoms with van der Waals surface area (Å²) in [5, 5.41) is 10.5. The van der Waals surface area contributed by atoms with Gasteiger partial charge in [-0.25, -0.2) is 4.98 Å². The number of aryl methyl sites for hydroxylation is 1. The van der Waals surface area contributed by atoms with Crippen molar-refractivity contribution in [2.75, 3.05) is 17.7 Å². The number of nitrogens with one attached hydrogen (secondary N) is 3. The van der Waals surface area contributed by atoms with Crippen molar-refractivity contribution in [1.29, 1.82) is 0 Å². The number of rotatable bonds is 12. The van der Waals surface area contributed by atoms with Crippen LogP contribution >= 0.6 is 23.1 Å². The Kier molecular flexibility index (Phi) is 11.4. The molecule has 0 aliphatic carbocycles. The number of thioether (sulfide) groups is 1. The Balaban J connectivity index is 1.17. The van der Waals surface area contributed by atoms with E-state index < -0.39 is 17.1 Å². The van der Waals surface area contributed by atoms with Crippen molar-refractivity contribution in [3.63, 3.8) is 0 Å². The number of nitrogens with zero attached hydrogens (tertiary/aromatic N) is 1. The summed E-state index contributed by atoms with van der Waals surface area (Å²) in [5.41, 5.74) is 5.31. The van der Waals surface area contributed by atoms with E-state index in [4.69, 9.17) is 4.74 Å². The van der Waals surface area contributed by atoms with Gasteiger partial charge in [0.05, 0.1) is 12.8 Å². The van der Waals surface area contributed by atoms with Gasteiger partial charge in [0.15, 0.2) is 5.13 Å². The van der Waals surface area contributed by atoms with Crippen LogP contribution in [0.5, 0.6) is 5.75 Å². The number of thiazole rings is 1. The van der Waals surface area contributed by atoms with Crippen LogP contribution in [0.25, 0.3) is 17.3 Å². The fraction of sp³-hybridized carbons (Fsp3) is 0.0732. The number of hydrogen-bond acceptors (Lipinski definition) is 7. The molecule has 5 aromatic carbocycles. The number of methoxy groups -OCH3 is 1. The third-order valence-electron chi connectivity index (χ3n) is 7.82. The van der Waals surface area contributed by atoms with E-state index in [1.807, 2.05) is 109 Å². The molecule has 0 aliphatic rings. The molecule has 1 atom stereocenters. The second kappa shape index (κ2) is 16.6. The third-order valence-corrected chi connectivity index (χ3v) is 9.85. The summed E-state index contributed by atoms with van der Waals surface area (Å²) >= 11 is 2.74. The average Bonchev–Trinajstić information content (AvgIpc) is 3.64. The van der Waals surface area contributed by atoms with Crippen LogP contribution in [-0.2, 0) is 9.59 Å². The van der Waals surface area contributed by atoms with E-state index in [9.17, 15) is 14.4 Å². The Morgan fingerprint density at radius 3 is 2.24 bits per heavy atom. The van der Waals surface area contributed by atoms with Crippen molar-refractivity contribution in [3.8, 4) is 17.0 Å². The monoisotopic (exact) mass is 710 g/mol. The molecular formula is C41H34N4O4S2. The van der Waals surface area contributed by atoms with Crippen LogP contribution in [0, 0.1) is 6.92 Å². The predicted molar refractivity (Wildman–Crippen MR) is 206 cm³/mol. The molecule has 3 N–H and O–H groups in total. The second-order valence-corrected chi connectivity index (χ2v) is 13.4. The summed E-state index contributed by atoms with van der Waals surface area (Å²) in [6.07, 6.45) is 1.67. The molecule has 8 nitrogen and oxygen atoms in total. The van der Waals surface area contributed by atoms with Gasteiger partial charge in [0.25, 0.3) is 11.8 Å². The number of carbonyl (C=O) groups excluding carboxylic acids is 3. The summed E-state index contributed by atoms with van der Waals surface area (Å²) in [6, 6.07) is 40.8. The number of benzene rings is 5. The first-order chi connectivity index (χ1) is 24.9. The first kappa shape index (κ1) is 34.9. The van der Waals surface area contributed by atoms with E-state index in [-0.39, 0.29) is 11.6 Å². The molecule has 1 unspecified atom stereocenters. The summed E-state index contributed by atoms with van der Waals surface area (Å²) in [6.45, 7) is 1.94. The number of hydrogen-bond donors (Lipinski definition) is 3. The zero-order valence-electron chi connectivity index (χ0n) is 27.8.